The summed E-state index contributed by atoms with van der Waals surface area (Å²) in [4.78, 5) is 11.9. The van der Waals surface area contributed by atoms with E-state index < -0.39 is 22.8 Å². The summed E-state index contributed by atoms with van der Waals surface area (Å²) in [5, 5.41) is 10.0. The highest BCUT2D eigenvalue weighted by atomic mass is 32.2. The van der Waals surface area contributed by atoms with Gasteiger partial charge in [-0.15, -0.1) is 10.2 Å². The Kier molecular flexibility index (Phi) is 4.33. The van der Waals surface area contributed by atoms with Crippen LogP contribution in [0.2, 0.25) is 0 Å². The van der Waals surface area contributed by atoms with Crippen LogP contribution < -0.4 is 5.32 Å². The maximum Gasteiger partial charge on any atom is 0.237 e. The zero-order chi connectivity index (χ0) is 14.7. The first-order valence-corrected chi connectivity index (χ1v) is 6.62. The number of benzene rings is 1. The summed E-state index contributed by atoms with van der Waals surface area (Å²) in [6.07, 6.45) is 1.52. The summed E-state index contributed by atoms with van der Waals surface area (Å²) in [5.74, 6) is -1.90. The normalized spacial score (nSPS) is 12.2. The number of rotatable bonds is 4. The summed E-state index contributed by atoms with van der Waals surface area (Å²) < 4.78 is 27.9. The second-order valence-corrected chi connectivity index (χ2v) is 5.41. The molecule has 106 valence electrons. The van der Waals surface area contributed by atoms with Crippen LogP contribution in [0, 0.1) is 11.6 Å². The molecule has 2 rings (SSSR count). The molecule has 0 spiro atoms. The minimum atomic E-state index is -0.811. The largest absolute Gasteiger partial charge is 0.323 e. The van der Waals surface area contributed by atoms with Crippen molar-refractivity contribution in [3.63, 3.8) is 0 Å². The third kappa shape index (κ3) is 3.32. The van der Waals surface area contributed by atoms with Gasteiger partial charge in [-0.3, -0.25) is 4.79 Å². The standard InChI is InChI=1S/C12H12F2N4OS/c1-7(20-12-17-15-6-18(12)2)11(19)16-10-4-3-8(13)5-9(10)14/h3-7H,1-2H3,(H,16,19)/t7-/m1/s1. The molecule has 0 fully saturated rings. The van der Waals surface area contributed by atoms with Crippen molar-refractivity contribution in [1.82, 2.24) is 14.8 Å². The van der Waals surface area contributed by atoms with E-state index in [0.29, 0.717) is 5.16 Å². The van der Waals surface area contributed by atoms with Crippen molar-refractivity contribution in [3.05, 3.63) is 36.2 Å². The quantitative estimate of drug-likeness (QED) is 0.879. The van der Waals surface area contributed by atoms with Gasteiger partial charge in [0, 0.05) is 13.1 Å². The fourth-order valence-electron chi connectivity index (χ4n) is 1.42. The van der Waals surface area contributed by atoms with E-state index >= 15 is 0 Å². The number of carbonyl (C=O) groups is 1. The van der Waals surface area contributed by atoms with Gasteiger partial charge in [0.2, 0.25) is 5.91 Å². The van der Waals surface area contributed by atoms with E-state index in [1.165, 1.54) is 24.2 Å². The van der Waals surface area contributed by atoms with Gasteiger partial charge >= 0.3 is 0 Å². The van der Waals surface area contributed by atoms with Gasteiger partial charge in [0.05, 0.1) is 10.9 Å². The molecule has 0 saturated carbocycles. The first-order chi connectivity index (χ1) is 9.47. The van der Waals surface area contributed by atoms with Crippen molar-refractivity contribution < 1.29 is 13.6 Å². The fourth-order valence-corrected chi connectivity index (χ4v) is 2.21. The average molecular weight is 298 g/mol. The van der Waals surface area contributed by atoms with Gasteiger partial charge in [-0.05, 0) is 19.1 Å². The maximum atomic E-state index is 13.4. The van der Waals surface area contributed by atoms with E-state index in [4.69, 9.17) is 0 Å². The van der Waals surface area contributed by atoms with Gasteiger partial charge in [-0.2, -0.15) is 0 Å². The molecule has 1 heterocycles. The lowest BCUT2D eigenvalue weighted by Gasteiger charge is -2.11. The number of anilines is 1. The van der Waals surface area contributed by atoms with Gasteiger partial charge in [-0.1, -0.05) is 11.8 Å². The number of amides is 1. The third-order valence-electron chi connectivity index (χ3n) is 2.51. The third-order valence-corrected chi connectivity index (χ3v) is 3.66. The summed E-state index contributed by atoms with van der Waals surface area (Å²) in [5.41, 5.74) is -0.0539. The lowest BCUT2D eigenvalue weighted by atomic mass is 10.3. The second kappa shape index (κ2) is 6.00. The van der Waals surface area contributed by atoms with E-state index in [0.717, 1.165) is 12.1 Å². The van der Waals surface area contributed by atoms with Crippen LogP contribution in [0.5, 0.6) is 0 Å². The molecule has 1 N–H and O–H groups in total. The molecule has 0 aliphatic heterocycles. The fraction of sp³-hybridized carbons (Fsp3) is 0.250. The van der Waals surface area contributed by atoms with Crippen LogP contribution in [0.1, 0.15) is 6.92 Å². The smallest absolute Gasteiger partial charge is 0.237 e. The van der Waals surface area contributed by atoms with Crippen LogP contribution in [-0.2, 0) is 11.8 Å². The molecule has 1 aromatic carbocycles. The van der Waals surface area contributed by atoms with E-state index in [9.17, 15) is 13.6 Å². The zero-order valence-electron chi connectivity index (χ0n) is 10.8. The molecule has 0 bridgehead atoms. The number of nitrogens with zero attached hydrogens (tertiary/aromatic N) is 3. The predicted molar refractivity (Wildman–Crippen MR) is 71.3 cm³/mol. The summed E-state index contributed by atoms with van der Waals surface area (Å²) >= 11 is 1.19. The Morgan fingerprint density at radius 2 is 2.20 bits per heavy atom. The minimum Gasteiger partial charge on any atom is -0.323 e. The lowest BCUT2D eigenvalue weighted by Crippen LogP contribution is -2.23. The average Bonchev–Trinajstić information content (AvgIpc) is 2.78. The number of carbonyl (C=O) groups excluding carboxylic acids is 1. The molecule has 0 aliphatic rings. The highest BCUT2D eigenvalue weighted by Crippen LogP contribution is 2.22. The van der Waals surface area contributed by atoms with E-state index in [2.05, 4.69) is 15.5 Å². The van der Waals surface area contributed by atoms with Gasteiger partial charge < -0.3 is 9.88 Å². The molecule has 0 unspecified atom stereocenters. The molecule has 1 aromatic heterocycles. The molecule has 8 heteroatoms. The number of aromatic nitrogens is 3. The summed E-state index contributed by atoms with van der Waals surface area (Å²) in [6.45, 7) is 1.66. The van der Waals surface area contributed by atoms with Crippen LogP contribution in [0.4, 0.5) is 14.5 Å². The van der Waals surface area contributed by atoms with Crippen LogP contribution >= 0.6 is 11.8 Å². The molecule has 5 nitrogen and oxygen atoms in total. The Morgan fingerprint density at radius 1 is 1.45 bits per heavy atom. The Hall–Kier alpha value is -1.96. The number of halogens is 2. The Balaban J connectivity index is 2.02. The number of nitrogens with one attached hydrogen (secondary N) is 1. The molecule has 1 atom stereocenters. The van der Waals surface area contributed by atoms with Crippen LogP contribution in [0.3, 0.4) is 0 Å². The molecular weight excluding hydrogens is 286 g/mol. The Labute approximate surface area is 118 Å². The number of thioether (sulfide) groups is 1. The van der Waals surface area contributed by atoms with Gasteiger partial charge in [-0.25, -0.2) is 8.78 Å². The highest BCUT2D eigenvalue weighted by Gasteiger charge is 2.18. The topological polar surface area (TPSA) is 59.8 Å². The van der Waals surface area contributed by atoms with Gasteiger partial charge in [0.25, 0.3) is 0 Å². The number of hydrogen-bond donors (Lipinski definition) is 1. The summed E-state index contributed by atoms with van der Waals surface area (Å²) in [6, 6.07) is 2.98. The minimum absolute atomic E-state index is 0.0539. The van der Waals surface area contributed by atoms with Crippen LogP contribution in [0.15, 0.2) is 29.7 Å². The van der Waals surface area contributed by atoms with E-state index in [1.807, 2.05) is 0 Å². The van der Waals surface area contributed by atoms with Crippen molar-refractivity contribution in [2.45, 2.75) is 17.3 Å². The number of hydrogen-bond acceptors (Lipinski definition) is 4. The first kappa shape index (κ1) is 14.4. The van der Waals surface area contributed by atoms with Crippen molar-refractivity contribution in [3.8, 4) is 0 Å². The van der Waals surface area contributed by atoms with Crippen molar-refractivity contribution in [2.75, 3.05) is 5.32 Å². The van der Waals surface area contributed by atoms with Gasteiger partial charge in [0.1, 0.15) is 18.0 Å². The summed E-state index contributed by atoms with van der Waals surface area (Å²) in [7, 11) is 1.76. The van der Waals surface area contributed by atoms with Crippen molar-refractivity contribution in [2.24, 2.45) is 7.05 Å². The molecule has 0 aliphatic carbocycles. The van der Waals surface area contributed by atoms with Gasteiger partial charge in [0.15, 0.2) is 5.16 Å². The molecule has 0 radical (unpaired) electrons. The van der Waals surface area contributed by atoms with Crippen LogP contribution in [-0.4, -0.2) is 25.9 Å². The monoisotopic (exact) mass is 298 g/mol. The lowest BCUT2D eigenvalue weighted by molar-refractivity contribution is -0.115. The van der Waals surface area contributed by atoms with E-state index in [1.54, 1.807) is 18.5 Å². The van der Waals surface area contributed by atoms with E-state index in [-0.39, 0.29) is 5.69 Å². The molecule has 1 amide bonds. The first-order valence-electron chi connectivity index (χ1n) is 5.74. The number of aryl methyl sites for hydroxylation is 1. The zero-order valence-corrected chi connectivity index (χ0v) is 11.6. The van der Waals surface area contributed by atoms with Crippen molar-refractivity contribution >= 4 is 23.4 Å². The highest BCUT2D eigenvalue weighted by molar-refractivity contribution is 8.00. The Bertz CT molecular complexity index is 632. The Morgan fingerprint density at radius 3 is 2.80 bits per heavy atom. The molecule has 2 aromatic rings. The molecule has 20 heavy (non-hydrogen) atoms. The maximum absolute atomic E-state index is 13.4. The van der Waals surface area contributed by atoms with Crippen molar-refractivity contribution in [1.29, 1.82) is 0 Å². The molecule has 0 saturated heterocycles. The molecular formula is C12H12F2N4OS. The predicted octanol–water partition coefficient (Wildman–Crippen LogP) is 2.21. The second-order valence-electron chi connectivity index (χ2n) is 4.10. The van der Waals surface area contributed by atoms with Crippen LogP contribution in [0.25, 0.3) is 0 Å². The SMILES string of the molecule is C[C@@H](Sc1nncn1C)C(=O)Nc1ccc(F)cc1F.